The van der Waals surface area contributed by atoms with Gasteiger partial charge in [-0.15, -0.1) is 10.2 Å². The number of carbonyl (C=O) groups is 1. The molecular weight excluding hydrogens is 402 g/mol. The predicted molar refractivity (Wildman–Crippen MR) is 115 cm³/mol. The molecule has 0 bridgehead atoms. The van der Waals surface area contributed by atoms with Gasteiger partial charge >= 0.3 is 0 Å². The molecule has 152 valence electrons. The van der Waals surface area contributed by atoms with Crippen LogP contribution >= 0.6 is 11.8 Å². The second-order valence-electron chi connectivity index (χ2n) is 6.26. The Balaban J connectivity index is 1.31. The standard InChI is InChI=1S/C22H19N3O4S/c1-27-19-11-5-4-10-17(19)23-20(26)14-30-22-25-24-21(29-22)13-28-18-12-6-8-15-7-2-3-9-16(15)18/h2-12H,13-14H2,1H3,(H,23,26). The molecule has 0 unspecified atom stereocenters. The van der Waals surface area contributed by atoms with Crippen molar-refractivity contribution in [3.63, 3.8) is 0 Å². The van der Waals surface area contributed by atoms with Gasteiger partial charge in [-0.2, -0.15) is 0 Å². The molecule has 3 aromatic carbocycles. The van der Waals surface area contributed by atoms with Gasteiger partial charge in [0, 0.05) is 5.39 Å². The molecule has 0 fully saturated rings. The van der Waals surface area contributed by atoms with E-state index in [-0.39, 0.29) is 18.3 Å². The highest BCUT2D eigenvalue weighted by atomic mass is 32.2. The van der Waals surface area contributed by atoms with Gasteiger partial charge in [0.15, 0.2) is 6.61 Å². The second-order valence-corrected chi connectivity index (χ2v) is 7.19. The van der Waals surface area contributed by atoms with E-state index in [2.05, 4.69) is 15.5 Å². The molecule has 0 spiro atoms. The van der Waals surface area contributed by atoms with Crippen molar-refractivity contribution in [1.29, 1.82) is 0 Å². The van der Waals surface area contributed by atoms with Crippen molar-refractivity contribution in [2.75, 3.05) is 18.2 Å². The number of hydrogen-bond acceptors (Lipinski definition) is 7. The van der Waals surface area contributed by atoms with Gasteiger partial charge in [0.2, 0.25) is 5.91 Å². The number of aromatic nitrogens is 2. The first-order valence-electron chi connectivity index (χ1n) is 9.21. The lowest BCUT2D eigenvalue weighted by molar-refractivity contribution is -0.113. The zero-order valence-electron chi connectivity index (χ0n) is 16.2. The van der Waals surface area contributed by atoms with Crippen molar-refractivity contribution in [3.8, 4) is 11.5 Å². The number of rotatable bonds is 8. The highest BCUT2D eigenvalue weighted by molar-refractivity contribution is 7.99. The van der Waals surface area contributed by atoms with Crippen LogP contribution in [-0.4, -0.2) is 29.0 Å². The summed E-state index contributed by atoms with van der Waals surface area (Å²) in [7, 11) is 1.56. The van der Waals surface area contributed by atoms with E-state index in [1.54, 1.807) is 19.2 Å². The summed E-state index contributed by atoms with van der Waals surface area (Å²) >= 11 is 1.16. The van der Waals surface area contributed by atoms with E-state index < -0.39 is 0 Å². The lowest BCUT2D eigenvalue weighted by Gasteiger charge is -2.08. The smallest absolute Gasteiger partial charge is 0.277 e. The Morgan fingerprint density at radius 1 is 1.00 bits per heavy atom. The molecule has 0 radical (unpaired) electrons. The third kappa shape index (κ3) is 4.72. The van der Waals surface area contributed by atoms with E-state index in [1.165, 1.54) is 0 Å². The molecule has 7 nitrogen and oxygen atoms in total. The Morgan fingerprint density at radius 3 is 2.67 bits per heavy atom. The molecule has 30 heavy (non-hydrogen) atoms. The average molecular weight is 421 g/mol. The molecular formula is C22H19N3O4S. The van der Waals surface area contributed by atoms with Gasteiger partial charge in [0.1, 0.15) is 11.5 Å². The Kier molecular flexibility index (Phi) is 6.14. The predicted octanol–water partition coefficient (Wildman–Crippen LogP) is 4.54. The highest BCUT2D eigenvalue weighted by Gasteiger charge is 2.12. The fourth-order valence-corrected chi connectivity index (χ4v) is 3.46. The number of nitrogens with one attached hydrogen (secondary N) is 1. The Hall–Kier alpha value is -3.52. The quantitative estimate of drug-likeness (QED) is 0.418. The number of nitrogens with zero attached hydrogens (tertiary/aromatic N) is 2. The maximum atomic E-state index is 12.2. The number of fused-ring (bicyclic) bond motifs is 1. The highest BCUT2D eigenvalue weighted by Crippen LogP contribution is 2.27. The number of hydrogen-bond donors (Lipinski definition) is 1. The van der Waals surface area contributed by atoms with Crippen LogP contribution in [0.5, 0.6) is 11.5 Å². The molecule has 0 saturated heterocycles. The number of thioether (sulfide) groups is 1. The van der Waals surface area contributed by atoms with Gasteiger partial charge in [-0.3, -0.25) is 4.79 Å². The van der Waals surface area contributed by atoms with Crippen molar-refractivity contribution in [3.05, 3.63) is 72.6 Å². The Bertz CT molecular complexity index is 1160. The Morgan fingerprint density at radius 2 is 1.77 bits per heavy atom. The maximum Gasteiger partial charge on any atom is 0.277 e. The van der Waals surface area contributed by atoms with Gasteiger partial charge in [-0.25, -0.2) is 0 Å². The first-order chi connectivity index (χ1) is 14.7. The number of amides is 1. The van der Waals surface area contributed by atoms with E-state index in [0.717, 1.165) is 28.3 Å². The lowest BCUT2D eigenvalue weighted by Crippen LogP contribution is -2.14. The van der Waals surface area contributed by atoms with Gasteiger partial charge in [0.25, 0.3) is 11.1 Å². The van der Waals surface area contributed by atoms with Gasteiger partial charge in [0.05, 0.1) is 18.6 Å². The third-order valence-corrected chi connectivity index (χ3v) is 5.08. The molecule has 1 amide bonds. The van der Waals surface area contributed by atoms with E-state index in [9.17, 15) is 4.79 Å². The molecule has 4 aromatic rings. The first kappa shape index (κ1) is 19.8. The van der Waals surface area contributed by atoms with Crippen LogP contribution in [-0.2, 0) is 11.4 Å². The molecule has 0 atom stereocenters. The minimum atomic E-state index is -0.198. The van der Waals surface area contributed by atoms with E-state index in [1.807, 2.05) is 54.6 Å². The minimum Gasteiger partial charge on any atom is -0.495 e. The number of benzene rings is 3. The van der Waals surface area contributed by atoms with E-state index in [4.69, 9.17) is 13.9 Å². The van der Waals surface area contributed by atoms with Crippen molar-refractivity contribution < 1.29 is 18.7 Å². The van der Waals surface area contributed by atoms with Gasteiger partial charge < -0.3 is 19.2 Å². The van der Waals surface area contributed by atoms with Crippen LogP contribution in [0.3, 0.4) is 0 Å². The summed E-state index contributed by atoms with van der Waals surface area (Å²) < 4.78 is 16.7. The molecule has 4 rings (SSSR count). The summed E-state index contributed by atoms with van der Waals surface area (Å²) in [4.78, 5) is 12.2. The van der Waals surface area contributed by atoms with Crippen LogP contribution in [0.2, 0.25) is 0 Å². The largest absolute Gasteiger partial charge is 0.495 e. The molecule has 1 N–H and O–H groups in total. The Labute approximate surface area is 177 Å². The lowest BCUT2D eigenvalue weighted by atomic mass is 10.1. The topological polar surface area (TPSA) is 86.5 Å². The van der Waals surface area contributed by atoms with Crippen molar-refractivity contribution in [2.45, 2.75) is 11.8 Å². The van der Waals surface area contributed by atoms with Crippen LogP contribution in [0.15, 0.2) is 76.4 Å². The zero-order valence-corrected chi connectivity index (χ0v) is 17.0. The molecule has 0 saturated carbocycles. The average Bonchev–Trinajstić information content (AvgIpc) is 3.24. The third-order valence-electron chi connectivity index (χ3n) is 4.26. The summed E-state index contributed by atoms with van der Waals surface area (Å²) in [5, 5.41) is 13.2. The van der Waals surface area contributed by atoms with Crippen LogP contribution in [0.1, 0.15) is 5.89 Å². The number of methoxy groups -OCH3 is 1. The van der Waals surface area contributed by atoms with Crippen LogP contribution in [0.4, 0.5) is 5.69 Å². The number of para-hydroxylation sites is 2. The molecule has 0 aliphatic carbocycles. The monoisotopic (exact) mass is 421 g/mol. The normalized spacial score (nSPS) is 10.7. The van der Waals surface area contributed by atoms with Crippen LogP contribution < -0.4 is 14.8 Å². The summed E-state index contributed by atoms with van der Waals surface area (Å²) in [5.74, 6) is 1.62. The summed E-state index contributed by atoms with van der Waals surface area (Å²) in [6.07, 6.45) is 0. The minimum absolute atomic E-state index is 0.129. The number of anilines is 1. The fraction of sp³-hybridized carbons (Fsp3) is 0.136. The fourth-order valence-electron chi connectivity index (χ4n) is 2.88. The van der Waals surface area contributed by atoms with Crippen LogP contribution in [0.25, 0.3) is 10.8 Å². The summed E-state index contributed by atoms with van der Waals surface area (Å²) in [6.45, 7) is 0.148. The summed E-state index contributed by atoms with van der Waals surface area (Å²) in [6, 6.07) is 21.1. The van der Waals surface area contributed by atoms with Crippen molar-refractivity contribution in [1.82, 2.24) is 10.2 Å². The number of ether oxygens (including phenoxy) is 2. The van der Waals surface area contributed by atoms with E-state index in [0.29, 0.717) is 22.6 Å². The van der Waals surface area contributed by atoms with E-state index >= 15 is 0 Å². The number of carbonyl (C=O) groups excluding carboxylic acids is 1. The maximum absolute atomic E-state index is 12.2. The van der Waals surface area contributed by atoms with Crippen molar-refractivity contribution >= 4 is 34.1 Å². The van der Waals surface area contributed by atoms with Crippen LogP contribution in [0, 0.1) is 0 Å². The molecule has 1 heterocycles. The molecule has 0 aliphatic rings. The first-order valence-corrected chi connectivity index (χ1v) is 10.2. The van der Waals surface area contributed by atoms with Crippen molar-refractivity contribution in [2.24, 2.45) is 0 Å². The zero-order chi connectivity index (χ0) is 20.8. The molecule has 8 heteroatoms. The van der Waals surface area contributed by atoms with Gasteiger partial charge in [-0.1, -0.05) is 60.3 Å². The molecule has 1 aromatic heterocycles. The summed E-state index contributed by atoms with van der Waals surface area (Å²) in [5.41, 5.74) is 0.611. The SMILES string of the molecule is COc1ccccc1NC(=O)CSc1nnc(COc2cccc3ccccc23)o1. The van der Waals surface area contributed by atoms with Gasteiger partial charge in [-0.05, 0) is 23.6 Å². The molecule has 0 aliphatic heterocycles. The second kappa shape index (κ2) is 9.32.